The van der Waals surface area contributed by atoms with Crippen molar-refractivity contribution in [2.24, 2.45) is 5.73 Å². The molecule has 3 N–H and O–H groups in total. The third kappa shape index (κ3) is 3.51. The van der Waals surface area contributed by atoms with E-state index in [-0.39, 0.29) is 24.3 Å². The van der Waals surface area contributed by atoms with Crippen molar-refractivity contribution >= 4 is 11.8 Å². The Balaban J connectivity index is 2.43. The van der Waals surface area contributed by atoms with Crippen LogP contribution in [0.25, 0.3) is 0 Å². The van der Waals surface area contributed by atoms with Gasteiger partial charge in [0.25, 0.3) is 0 Å². The zero-order valence-electron chi connectivity index (χ0n) is 9.16. The van der Waals surface area contributed by atoms with Crippen molar-refractivity contribution in [3.8, 4) is 0 Å². The molecule has 1 aliphatic heterocycles. The number of carbonyl (C=O) groups excluding carboxylic acids is 2. The molecule has 86 valence electrons. The van der Waals surface area contributed by atoms with Crippen LogP contribution in [0.3, 0.4) is 0 Å². The molecule has 1 saturated heterocycles. The van der Waals surface area contributed by atoms with Gasteiger partial charge in [0, 0.05) is 19.5 Å². The average molecular weight is 213 g/mol. The lowest BCUT2D eigenvalue weighted by Crippen LogP contribution is -2.51. The van der Waals surface area contributed by atoms with Gasteiger partial charge in [0.05, 0.1) is 6.04 Å². The average Bonchev–Trinajstić information content (AvgIpc) is 2.19. The van der Waals surface area contributed by atoms with Gasteiger partial charge >= 0.3 is 0 Å². The van der Waals surface area contributed by atoms with E-state index in [0.29, 0.717) is 6.54 Å². The number of hydrogen-bond acceptors (Lipinski definition) is 3. The number of rotatable bonds is 5. The maximum absolute atomic E-state index is 11.8. The number of piperidine rings is 1. The monoisotopic (exact) mass is 213 g/mol. The predicted octanol–water partition coefficient (Wildman–Crippen LogP) is -0.538. The summed E-state index contributed by atoms with van der Waals surface area (Å²) in [5.74, 6) is -0.252. The zero-order valence-corrected chi connectivity index (χ0v) is 9.16. The van der Waals surface area contributed by atoms with Crippen LogP contribution in [0.5, 0.6) is 0 Å². The first kappa shape index (κ1) is 12.0. The van der Waals surface area contributed by atoms with Gasteiger partial charge < -0.3 is 16.0 Å². The molecule has 0 bridgehead atoms. The van der Waals surface area contributed by atoms with Gasteiger partial charge in [-0.3, -0.25) is 9.59 Å². The van der Waals surface area contributed by atoms with E-state index in [1.807, 2.05) is 6.92 Å². The van der Waals surface area contributed by atoms with Gasteiger partial charge in [-0.2, -0.15) is 0 Å². The predicted molar refractivity (Wildman–Crippen MR) is 57.1 cm³/mol. The van der Waals surface area contributed by atoms with Crippen molar-refractivity contribution in [1.82, 2.24) is 10.2 Å². The minimum atomic E-state index is -0.353. The Kier molecular flexibility index (Phi) is 4.55. The number of likely N-dealkylation sites (tertiary alicyclic amines) is 1. The lowest BCUT2D eigenvalue weighted by molar-refractivity contribution is -0.136. The van der Waals surface area contributed by atoms with Crippen LogP contribution in [0, 0.1) is 0 Å². The van der Waals surface area contributed by atoms with E-state index in [1.54, 1.807) is 4.90 Å². The molecule has 1 heterocycles. The van der Waals surface area contributed by atoms with E-state index in [9.17, 15) is 9.59 Å². The molecule has 0 aromatic rings. The van der Waals surface area contributed by atoms with Crippen LogP contribution in [0.15, 0.2) is 0 Å². The molecule has 5 heteroatoms. The van der Waals surface area contributed by atoms with Crippen molar-refractivity contribution in [2.75, 3.05) is 19.6 Å². The first-order valence-corrected chi connectivity index (χ1v) is 5.45. The van der Waals surface area contributed by atoms with Crippen molar-refractivity contribution in [2.45, 2.75) is 32.2 Å². The molecule has 1 rings (SSSR count). The molecule has 0 aromatic heterocycles. The van der Waals surface area contributed by atoms with E-state index in [1.165, 1.54) is 0 Å². The Morgan fingerprint density at radius 1 is 1.67 bits per heavy atom. The minimum Gasteiger partial charge on any atom is -0.370 e. The topological polar surface area (TPSA) is 75.4 Å². The summed E-state index contributed by atoms with van der Waals surface area (Å²) in [5, 5.41) is 3.14. The Morgan fingerprint density at radius 2 is 2.40 bits per heavy atom. The molecule has 0 aliphatic carbocycles. The van der Waals surface area contributed by atoms with Crippen LogP contribution in [0.4, 0.5) is 0 Å². The maximum atomic E-state index is 11.8. The Bertz CT molecular complexity index is 241. The number of amides is 2. The molecule has 1 aliphatic rings. The molecule has 0 radical (unpaired) electrons. The first-order valence-electron chi connectivity index (χ1n) is 5.45. The number of likely N-dealkylation sites (N-methyl/N-ethyl adjacent to an activating group) is 1. The summed E-state index contributed by atoms with van der Waals surface area (Å²) in [5.41, 5.74) is 5.06. The van der Waals surface area contributed by atoms with Crippen LogP contribution in [0.2, 0.25) is 0 Å². The molecule has 0 aromatic carbocycles. The number of nitrogens with two attached hydrogens (primary N) is 1. The van der Waals surface area contributed by atoms with Crippen LogP contribution < -0.4 is 11.1 Å². The van der Waals surface area contributed by atoms with Crippen LogP contribution in [-0.4, -0.2) is 42.4 Å². The lowest BCUT2D eigenvalue weighted by Gasteiger charge is -2.32. The molecule has 0 spiro atoms. The van der Waals surface area contributed by atoms with E-state index in [4.69, 9.17) is 5.73 Å². The maximum Gasteiger partial charge on any atom is 0.239 e. The lowest BCUT2D eigenvalue weighted by atomic mass is 10.0. The number of carbonyl (C=O) groups is 2. The Labute approximate surface area is 90.0 Å². The number of primary amides is 1. The van der Waals surface area contributed by atoms with Crippen molar-refractivity contribution in [1.29, 1.82) is 0 Å². The minimum absolute atomic E-state index is 0.0726. The Hall–Kier alpha value is -1.10. The molecular formula is C10H19N3O2. The second kappa shape index (κ2) is 5.70. The standard InChI is InChI=1S/C10H19N3O2/c1-2-12-8-4-3-6-13(10(8)15)7-5-9(11)14/h8,12H,2-7H2,1H3,(H2,11,14). The summed E-state index contributed by atoms with van der Waals surface area (Å²) >= 11 is 0. The van der Waals surface area contributed by atoms with Gasteiger partial charge in [-0.15, -0.1) is 0 Å². The van der Waals surface area contributed by atoms with E-state index >= 15 is 0 Å². The highest BCUT2D eigenvalue weighted by Crippen LogP contribution is 2.11. The van der Waals surface area contributed by atoms with E-state index < -0.39 is 0 Å². The van der Waals surface area contributed by atoms with Gasteiger partial charge in [-0.05, 0) is 19.4 Å². The Morgan fingerprint density at radius 3 is 3.00 bits per heavy atom. The normalized spacial score (nSPS) is 21.8. The first-order chi connectivity index (χ1) is 7.15. The number of hydrogen-bond donors (Lipinski definition) is 2. The van der Waals surface area contributed by atoms with E-state index in [0.717, 1.165) is 25.9 Å². The van der Waals surface area contributed by atoms with Gasteiger partial charge in [-0.25, -0.2) is 0 Å². The molecular weight excluding hydrogens is 194 g/mol. The van der Waals surface area contributed by atoms with Crippen LogP contribution >= 0.6 is 0 Å². The summed E-state index contributed by atoms with van der Waals surface area (Å²) in [6.07, 6.45) is 2.13. The highest BCUT2D eigenvalue weighted by molar-refractivity contribution is 5.83. The fourth-order valence-electron chi connectivity index (χ4n) is 1.84. The smallest absolute Gasteiger partial charge is 0.239 e. The molecule has 5 nitrogen and oxygen atoms in total. The van der Waals surface area contributed by atoms with Gasteiger partial charge in [0.2, 0.25) is 11.8 Å². The second-order valence-corrected chi connectivity index (χ2v) is 3.79. The third-order valence-corrected chi connectivity index (χ3v) is 2.61. The fraction of sp³-hybridized carbons (Fsp3) is 0.800. The van der Waals surface area contributed by atoms with Crippen molar-refractivity contribution in [3.63, 3.8) is 0 Å². The highest BCUT2D eigenvalue weighted by atomic mass is 16.2. The van der Waals surface area contributed by atoms with Crippen LogP contribution in [0.1, 0.15) is 26.2 Å². The van der Waals surface area contributed by atoms with Crippen molar-refractivity contribution in [3.05, 3.63) is 0 Å². The fourth-order valence-corrected chi connectivity index (χ4v) is 1.84. The van der Waals surface area contributed by atoms with Crippen molar-refractivity contribution < 1.29 is 9.59 Å². The second-order valence-electron chi connectivity index (χ2n) is 3.79. The summed E-state index contributed by atoms with van der Waals surface area (Å²) < 4.78 is 0. The molecule has 2 amide bonds. The third-order valence-electron chi connectivity index (χ3n) is 2.61. The number of nitrogens with one attached hydrogen (secondary N) is 1. The quantitative estimate of drug-likeness (QED) is 0.644. The van der Waals surface area contributed by atoms with E-state index in [2.05, 4.69) is 5.32 Å². The highest BCUT2D eigenvalue weighted by Gasteiger charge is 2.27. The summed E-state index contributed by atoms with van der Waals surface area (Å²) in [7, 11) is 0. The molecule has 1 unspecified atom stereocenters. The largest absolute Gasteiger partial charge is 0.370 e. The molecule has 0 saturated carbocycles. The molecule has 15 heavy (non-hydrogen) atoms. The van der Waals surface area contributed by atoms with Gasteiger partial charge in [0.15, 0.2) is 0 Å². The summed E-state index contributed by atoms with van der Waals surface area (Å²) in [6, 6.07) is -0.0726. The zero-order chi connectivity index (χ0) is 11.3. The number of nitrogens with zero attached hydrogens (tertiary/aromatic N) is 1. The van der Waals surface area contributed by atoms with Crippen LogP contribution in [-0.2, 0) is 9.59 Å². The summed E-state index contributed by atoms with van der Waals surface area (Å²) in [4.78, 5) is 24.2. The van der Waals surface area contributed by atoms with Gasteiger partial charge in [-0.1, -0.05) is 6.92 Å². The molecule has 1 atom stereocenters. The summed E-state index contributed by atoms with van der Waals surface area (Å²) in [6.45, 7) is 3.97. The SMILES string of the molecule is CCNC1CCCN(CCC(N)=O)C1=O. The van der Waals surface area contributed by atoms with Gasteiger partial charge in [0.1, 0.15) is 0 Å². The molecule has 1 fully saturated rings.